The molecule has 1 fully saturated rings. The first-order valence-corrected chi connectivity index (χ1v) is 6.87. The van der Waals surface area contributed by atoms with Crippen molar-refractivity contribution in [3.8, 4) is 6.07 Å². The highest BCUT2D eigenvalue weighted by atomic mass is 16.5. The molecule has 0 amide bonds. The smallest absolute Gasteiger partial charge is 0.320 e. The summed E-state index contributed by atoms with van der Waals surface area (Å²) < 4.78 is 5.14. The van der Waals surface area contributed by atoms with Crippen molar-refractivity contribution in [2.45, 2.75) is 25.7 Å². The van der Waals surface area contributed by atoms with Gasteiger partial charge in [-0.15, -0.1) is 0 Å². The van der Waals surface area contributed by atoms with E-state index >= 15 is 0 Å². The molecule has 102 valence electrons. The van der Waals surface area contributed by atoms with Gasteiger partial charge in [0, 0.05) is 17.9 Å². The first-order valence-electron chi connectivity index (χ1n) is 6.87. The lowest BCUT2D eigenvalue weighted by Gasteiger charge is -2.26. The highest BCUT2D eigenvalue weighted by molar-refractivity contribution is 6.14. The average Bonchev–Trinajstić information content (AvgIpc) is 2.68. The maximum atomic E-state index is 12.9. The molecule has 3 rings (SSSR count). The van der Waals surface area contributed by atoms with Crippen LogP contribution in [0.1, 0.15) is 35.2 Å². The topological polar surface area (TPSA) is 67.2 Å². The van der Waals surface area contributed by atoms with Gasteiger partial charge in [-0.2, -0.15) is 5.26 Å². The number of benzene rings is 1. The molecule has 1 aromatic rings. The predicted octanol–water partition coefficient (Wildman–Crippen LogP) is 2.28. The van der Waals surface area contributed by atoms with Gasteiger partial charge in [0.05, 0.1) is 12.7 Å². The van der Waals surface area contributed by atoms with E-state index in [1.54, 1.807) is 6.07 Å². The zero-order chi connectivity index (χ0) is 14.2. The molecule has 0 aromatic heterocycles. The summed E-state index contributed by atoms with van der Waals surface area (Å²) in [6.07, 6.45) is 2.21. The van der Waals surface area contributed by atoms with Gasteiger partial charge in [-0.1, -0.05) is 24.3 Å². The van der Waals surface area contributed by atoms with E-state index in [0.717, 1.165) is 18.4 Å². The maximum Gasteiger partial charge on any atom is 0.320 e. The van der Waals surface area contributed by atoms with Crippen LogP contribution >= 0.6 is 0 Å². The van der Waals surface area contributed by atoms with E-state index in [-0.39, 0.29) is 24.7 Å². The molecule has 1 aliphatic heterocycles. The number of ether oxygens (including phenoxy) is 1. The number of fused-ring (bicyclic) bond motifs is 1. The molecule has 1 aliphatic carbocycles. The van der Waals surface area contributed by atoms with Crippen LogP contribution in [0.4, 0.5) is 0 Å². The van der Waals surface area contributed by atoms with Gasteiger partial charge in [0.15, 0.2) is 5.78 Å². The number of hydrogen-bond donors (Lipinski definition) is 0. The Morgan fingerprint density at radius 1 is 1.35 bits per heavy atom. The zero-order valence-corrected chi connectivity index (χ0v) is 11.1. The third kappa shape index (κ3) is 1.66. The Morgan fingerprint density at radius 2 is 2.15 bits per heavy atom. The van der Waals surface area contributed by atoms with Crippen molar-refractivity contribution >= 4 is 11.8 Å². The van der Waals surface area contributed by atoms with Gasteiger partial charge in [0.25, 0.3) is 0 Å². The highest BCUT2D eigenvalue weighted by Crippen LogP contribution is 2.46. The number of cyclic esters (lactones) is 1. The van der Waals surface area contributed by atoms with Crippen molar-refractivity contribution in [1.82, 2.24) is 0 Å². The summed E-state index contributed by atoms with van der Waals surface area (Å²) in [5, 5.41) is 8.95. The number of Topliss-reactive ketones (excluding diaryl/α,β-unsaturated/α-hetero) is 1. The van der Waals surface area contributed by atoms with Crippen molar-refractivity contribution in [2.24, 2.45) is 11.3 Å². The normalized spacial score (nSPS) is 28.6. The highest BCUT2D eigenvalue weighted by Gasteiger charge is 2.58. The molecular weight excluding hydrogens is 254 g/mol. The molecular formula is C16H15NO3. The van der Waals surface area contributed by atoms with E-state index in [1.807, 2.05) is 18.2 Å². The molecule has 1 spiro atoms. The summed E-state index contributed by atoms with van der Waals surface area (Å²) in [7, 11) is 0. The van der Waals surface area contributed by atoms with E-state index in [0.29, 0.717) is 12.0 Å². The fourth-order valence-electron chi connectivity index (χ4n) is 3.41. The summed E-state index contributed by atoms with van der Waals surface area (Å²) in [6.45, 7) is 0.181. The van der Waals surface area contributed by atoms with E-state index in [2.05, 4.69) is 6.07 Å². The second-order valence-electron chi connectivity index (χ2n) is 5.47. The number of nitrogens with zero attached hydrogens (tertiary/aromatic N) is 1. The fourth-order valence-corrected chi connectivity index (χ4v) is 3.41. The van der Waals surface area contributed by atoms with E-state index < -0.39 is 11.4 Å². The van der Waals surface area contributed by atoms with Gasteiger partial charge in [-0.05, 0) is 24.8 Å². The third-order valence-corrected chi connectivity index (χ3v) is 4.50. The van der Waals surface area contributed by atoms with Crippen LogP contribution in [0.3, 0.4) is 0 Å². The van der Waals surface area contributed by atoms with E-state index in [1.165, 1.54) is 0 Å². The standard InChI is InChI=1S/C16H15NO3/c17-9-7-12-10-20-15(19)16(12)8-3-5-11-4-1-2-6-13(11)14(16)18/h1-2,4,6,12H,3,5,7-8,10H2. The van der Waals surface area contributed by atoms with Crippen molar-refractivity contribution in [3.63, 3.8) is 0 Å². The molecule has 0 radical (unpaired) electrons. The molecule has 0 bridgehead atoms. The van der Waals surface area contributed by atoms with Crippen molar-refractivity contribution in [3.05, 3.63) is 35.4 Å². The summed E-state index contributed by atoms with van der Waals surface area (Å²) in [4.78, 5) is 25.2. The van der Waals surface area contributed by atoms with Crippen molar-refractivity contribution in [2.75, 3.05) is 6.61 Å². The van der Waals surface area contributed by atoms with Crippen molar-refractivity contribution in [1.29, 1.82) is 5.26 Å². The number of carbonyl (C=O) groups is 2. The third-order valence-electron chi connectivity index (χ3n) is 4.50. The van der Waals surface area contributed by atoms with Gasteiger partial charge in [-0.25, -0.2) is 0 Å². The second kappa shape index (κ2) is 4.75. The molecule has 4 heteroatoms. The first-order chi connectivity index (χ1) is 9.70. The maximum absolute atomic E-state index is 12.9. The fraction of sp³-hybridized carbons (Fsp3) is 0.438. The van der Waals surface area contributed by atoms with Crippen LogP contribution in [0.5, 0.6) is 0 Å². The number of esters is 1. The number of hydrogen-bond acceptors (Lipinski definition) is 4. The largest absolute Gasteiger partial charge is 0.465 e. The van der Waals surface area contributed by atoms with Crippen LogP contribution in [-0.2, 0) is 16.0 Å². The minimum Gasteiger partial charge on any atom is -0.465 e. The number of rotatable bonds is 1. The number of ketones is 1. The molecule has 0 N–H and O–H groups in total. The molecule has 4 nitrogen and oxygen atoms in total. The van der Waals surface area contributed by atoms with Gasteiger partial charge in [0.2, 0.25) is 0 Å². The Hall–Kier alpha value is -2.15. The lowest BCUT2D eigenvalue weighted by atomic mass is 9.69. The Morgan fingerprint density at radius 3 is 2.95 bits per heavy atom. The molecule has 1 aromatic carbocycles. The van der Waals surface area contributed by atoms with E-state index in [9.17, 15) is 9.59 Å². The lowest BCUT2D eigenvalue weighted by Crippen LogP contribution is -2.41. The quantitative estimate of drug-likeness (QED) is 0.579. The monoisotopic (exact) mass is 269 g/mol. The van der Waals surface area contributed by atoms with Crippen molar-refractivity contribution < 1.29 is 14.3 Å². The molecule has 1 saturated heterocycles. The zero-order valence-electron chi connectivity index (χ0n) is 11.1. The molecule has 2 atom stereocenters. The van der Waals surface area contributed by atoms with Crippen LogP contribution in [0, 0.1) is 22.7 Å². The minimum atomic E-state index is -1.14. The van der Waals surface area contributed by atoms with Crippen LogP contribution in [0.15, 0.2) is 24.3 Å². The van der Waals surface area contributed by atoms with Crippen LogP contribution in [0.25, 0.3) is 0 Å². The van der Waals surface area contributed by atoms with Crippen LogP contribution in [0.2, 0.25) is 0 Å². The molecule has 0 saturated carbocycles. The van der Waals surface area contributed by atoms with Gasteiger partial charge < -0.3 is 4.74 Å². The Balaban J connectivity index is 2.11. The minimum absolute atomic E-state index is 0.159. The molecule has 1 heterocycles. The number of carbonyl (C=O) groups excluding carboxylic acids is 2. The SMILES string of the molecule is N#CCC1COC(=O)C12CCCc1ccccc1C2=O. The van der Waals surface area contributed by atoms with Gasteiger partial charge in [0.1, 0.15) is 5.41 Å². The Bertz CT molecular complexity index is 616. The first kappa shape index (κ1) is 12.9. The van der Waals surface area contributed by atoms with E-state index in [4.69, 9.17) is 10.00 Å². The van der Waals surface area contributed by atoms with Gasteiger partial charge in [-0.3, -0.25) is 9.59 Å². The predicted molar refractivity (Wildman–Crippen MR) is 70.8 cm³/mol. The lowest BCUT2D eigenvalue weighted by molar-refractivity contribution is -0.144. The summed E-state index contributed by atoms with van der Waals surface area (Å²) in [5.74, 6) is -0.925. The molecule has 20 heavy (non-hydrogen) atoms. The number of nitriles is 1. The number of aryl methyl sites for hydroxylation is 1. The Kier molecular flexibility index (Phi) is 3.06. The molecule has 2 aliphatic rings. The van der Waals surface area contributed by atoms with Gasteiger partial charge >= 0.3 is 5.97 Å². The van der Waals surface area contributed by atoms with Crippen LogP contribution < -0.4 is 0 Å². The summed E-state index contributed by atoms with van der Waals surface area (Å²) in [6, 6.07) is 9.52. The van der Waals surface area contributed by atoms with Crippen LogP contribution in [-0.4, -0.2) is 18.4 Å². The molecule has 2 unspecified atom stereocenters. The second-order valence-corrected chi connectivity index (χ2v) is 5.47. The Labute approximate surface area is 117 Å². The average molecular weight is 269 g/mol. The summed E-state index contributed by atoms with van der Waals surface area (Å²) in [5.41, 5.74) is 0.471. The summed E-state index contributed by atoms with van der Waals surface area (Å²) >= 11 is 0.